The summed E-state index contributed by atoms with van der Waals surface area (Å²) in [5, 5.41) is 13.7. The molecule has 0 aliphatic carbocycles. The summed E-state index contributed by atoms with van der Waals surface area (Å²) in [5.41, 5.74) is 0.286. The number of halogens is 1. The molecule has 7 nitrogen and oxygen atoms in total. The summed E-state index contributed by atoms with van der Waals surface area (Å²) in [5.74, 6) is 0. The Balaban J connectivity index is 0.00000200. The highest BCUT2D eigenvalue weighted by Gasteiger charge is 2.33. The maximum absolute atomic E-state index is 12.4. The van der Waals surface area contributed by atoms with E-state index in [-0.39, 0.29) is 29.0 Å². The number of benzene rings is 1. The lowest BCUT2D eigenvalue weighted by Gasteiger charge is -2.34. The number of rotatable bonds is 4. The molecule has 0 atom stereocenters. The lowest BCUT2D eigenvalue weighted by molar-refractivity contribution is -0.385. The first kappa shape index (κ1) is 16.8. The van der Waals surface area contributed by atoms with E-state index in [0.29, 0.717) is 18.7 Å². The van der Waals surface area contributed by atoms with Crippen molar-refractivity contribution in [1.82, 2.24) is 9.62 Å². The molecule has 0 saturated carbocycles. The van der Waals surface area contributed by atoms with Gasteiger partial charge in [-0.25, -0.2) is 8.42 Å². The van der Waals surface area contributed by atoms with E-state index in [4.69, 9.17) is 0 Å². The second kappa shape index (κ2) is 6.04. The quantitative estimate of drug-likeness (QED) is 0.657. The van der Waals surface area contributed by atoms with Gasteiger partial charge in [0, 0.05) is 38.3 Å². The van der Waals surface area contributed by atoms with Gasteiger partial charge in [-0.1, -0.05) is 6.07 Å². The molecule has 9 heteroatoms. The third-order valence-electron chi connectivity index (χ3n) is 3.31. The van der Waals surface area contributed by atoms with Gasteiger partial charge in [-0.3, -0.25) is 10.1 Å². The molecule has 0 radical (unpaired) electrons. The highest BCUT2D eigenvalue weighted by atomic mass is 35.5. The second-order valence-corrected chi connectivity index (χ2v) is 6.51. The van der Waals surface area contributed by atoms with Crippen LogP contribution in [0.15, 0.2) is 23.1 Å². The molecule has 0 amide bonds. The lowest BCUT2D eigenvalue weighted by Crippen LogP contribution is -2.57. The van der Waals surface area contributed by atoms with Crippen molar-refractivity contribution < 1.29 is 13.3 Å². The molecular formula is C11H16ClN3O4S. The number of nitrogens with one attached hydrogen (secondary N) is 1. The average molecular weight is 322 g/mol. The predicted octanol–water partition coefficient (Wildman–Crippen LogP) is 0.917. The van der Waals surface area contributed by atoms with Gasteiger partial charge in [0.25, 0.3) is 5.69 Å². The Morgan fingerprint density at radius 3 is 2.45 bits per heavy atom. The summed E-state index contributed by atoms with van der Waals surface area (Å²) >= 11 is 0. The van der Waals surface area contributed by atoms with Gasteiger partial charge >= 0.3 is 0 Å². The molecule has 0 unspecified atom stereocenters. The number of aryl methyl sites for hydroxylation is 1. The maximum atomic E-state index is 12.4. The molecule has 112 valence electrons. The van der Waals surface area contributed by atoms with Gasteiger partial charge in [0.05, 0.1) is 9.82 Å². The first-order chi connectivity index (χ1) is 8.84. The highest BCUT2D eigenvalue weighted by Crippen LogP contribution is 2.25. The monoisotopic (exact) mass is 321 g/mol. The van der Waals surface area contributed by atoms with Crippen LogP contribution in [0.4, 0.5) is 5.69 Å². The van der Waals surface area contributed by atoms with E-state index in [2.05, 4.69) is 5.32 Å². The van der Waals surface area contributed by atoms with E-state index in [0.717, 1.165) is 6.07 Å². The number of nitrogens with zero attached hydrogens (tertiary/aromatic N) is 2. The van der Waals surface area contributed by atoms with Crippen LogP contribution in [0.25, 0.3) is 0 Å². The molecule has 20 heavy (non-hydrogen) atoms. The summed E-state index contributed by atoms with van der Waals surface area (Å²) in [6.07, 6.45) is 0. The Morgan fingerprint density at radius 2 is 2.00 bits per heavy atom. The lowest BCUT2D eigenvalue weighted by atomic mass is 10.2. The number of nitro benzene ring substituents is 1. The Labute approximate surface area is 123 Å². The Hall–Kier alpha value is -1.22. The molecule has 0 spiro atoms. The number of sulfonamides is 1. The van der Waals surface area contributed by atoms with Crippen LogP contribution in [0.3, 0.4) is 0 Å². The molecule has 0 bridgehead atoms. The molecule has 1 saturated heterocycles. The van der Waals surface area contributed by atoms with E-state index in [1.54, 1.807) is 6.92 Å². The van der Waals surface area contributed by atoms with Gasteiger partial charge in [-0.2, -0.15) is 4.31 Å². The first-order valence-corrected chi connectivity index (χ1v) is 7.22. The Bertz CT molecular complexity index is 616. The predicted molar refractivity (Wildman–Crippen MR) is 76.7 cm³/mol. The Morgan fingerprint density at radius 1 is 1.40 bits per heavy atom. The van der Waals surface area contributed by atoms with E-state index < -0.39 is 14.9 Å². The summed E-state index contributed by atoms with van der Waals surface area (Å²) in [7, 11) is -2.20. The van der Waals surface area contributed by atoms with Gasteiger partial charge in [0.1, 0.15) is 0 Å². The van der Waals surface area contributed by atoms with Crippen molar-refractivity contribution in [1.29, 1.82) is 0 Å². The van der Waals surface area contributed by atoms with Crippen LogP contribution < -0.4 is 5.32 Å². The zero-order chi connectivity index (χ0) is 14.2. The molecule has 1 aliphatic heterocycles. The third kappa shape index (κ3) is 2.93. The first-order valence-electron chi connectivity index (χ1n) is 5.78. The van der Waals surface area contributed by atoms with E-state index in [9.17, 15) is 18.5 Å². The fraction of sp³-hybridized carbons (Fsp3) is 0.455. The smallest absolute Gasteiger partial charge is 0.270 e. The minimum absolute atomic E-state index is 0. The summed E-state index contributed by atoms with van der Waals surface area (Å²) < 4.78 is 26.1. The SMILES string of the molecule is Cc1ccc([N+](=O)[O-])cc1S(=O)(=O)N(C)C1CNC1.Cl. The van der Waals surface area contributed by atoms with Crippen molar-refractivity contribution in [3.63, 3.8) is 0 Å². The second-order valence-electron chi connectivity index (χ2n) is 4.54. The van der Waals surface area contributed by atoms with Gasteiger partial charge in [0.2, 0.25) is 10.0 Å². The number of hydrogen-bond donors (Lipinski definition) is 1. The number of likely N-dealkylation sites (N-methyl/N-ethyl adjacent to an activating group) is 1. The topological polar surface area (TPSA) is 92.5 Å². The van der Waals surface area contributed by atoms with Gasteiger partial charge in [-0.15, -0.1) is 12.4 Å². The van der Waals surface area contributed by atoms with Crippen LogP contribution in [-0.4, -0.2) is 43.8 Å². The van der Waals surface area contributed by atoms with Gasteiger partial charge in [-0.05, 0) is 12.5 Å². The van der Waals surface area contributed by atoms with Crippen LogP contribution in [0.5, 0.6) is 0 Å². The minimum Gasteiger partial charge on any atom is -0.313 e. The third-order valence-corrected chi connectivity index (χ3v) is 5.37. The van der Waals surface area contributed by atoms with Crippen molar-refractivity contribution >= 4 is 28.1 Å². The summed E-state index contributed by atoms with van der Waals surface area (Å²) in [6, 6.07) is 3.79. The van der Waals surface area contributed by atoms with Crippen molar-refractivity contribution in [2.75, 3.05) is 20.1 Å². The molecule has 1 aromatic carbocycles. The van der Waals surface area contributed by atoms with Crippen LogP contribution in [-0.2, 0) is 10.0 Å². The average Bonchev–Trinajstić information content (AvgIpc) is 2.26. The fourth-order valence-corrected chi connectivity index (χ4v) is 3.46. The number of non-ortho nitro benzene ring substituents is 1. The van der Waals surface area contributed by atoms with Gasteiger partial charge in [0.15, 0.2) is 0 Å². The maximum Gasteiger partial charge on any atom is 0.270 e. The standard InChI is InChI=1S/C11H15N3O4S.ClH/c1-8-3-4-9(14(15)16)5-11(8)19(17,18)13(2)10-6-12-7-10;/h3-5,10,12H,6-7H2,1-2H3;1H. The molecule has 1 fully saturated rings. The number of nitro groups is 1. The molecule has 1 aromatic rings. The normalized spacial score (nSPS) is 15.6. The molecule has 1 heterocycles. The zero-order valence-corrected chi connectivity index (χ0v) is 12.7. The molecule has 0 aromatic heterocycles. The van der Waals surface area contributed by atoms with Gasteiger partial charge < -0.3 is 5.32 Å². The van der Waals surface area contributed by atoms with E-state index >= 15 is 0 Å². The van der Waals surface area contributed by atoms with Crippen LogP contribution >= 0.6 is 12.4 Å². The summed E-state index contributed by atoms with van der Waals surface area (Å²) in [4.78, 5) is 10.2. The van der Waals surface area contributed by atoms with Crippen LogP contribution in [0.1, 0.15) is 5.56 Å². The van der Waals surface area contributed by atoms with Crippen LogP contribution in [0, 0.1) is 17.0 Å². The Kier molecular flexibility index (Phi) is 5.09. The molecule has 1 aliphatic rings. The van der Waals surface area contributed by atoms with E-state index in [1.165, 1.54) is 23.5 Å². The zero-order valence-electron chi connectivity index (χ0n) is 11.1. The van der Waals surface area contributed by atoms with Crippen molar-refractivity contribution in [2.24, 2.45) is 0 Å². The van der Waals surface area contributed by atoms with Crippen molar-refractivity contribution in [3.8, 4) is 0 Å². The fourth-order valence-electron chi connectivity index (χ4n) is 1.86. The number of hydrogen-bond acceptors (Lipinski definition) is 5. The van der Waals surface area contributed by atoms with Crippen LogP contribution in [0.2, 0.25) is 0 Å². The molecular weight excluding hydrogens is 306 g/mol. The van der Waals surface area contributed by atoms with Crippen molar-refractivity contribution in [3.05, 3.63) is 33.9 Å². The highest BCUT2D eigenvalue weighted by molar-refractivity contribution is 7.89. The van der Waals surface area contributed by atoms with Crippen molar-refractivity contribution in [2.45, 2.75) is 17.9 Å². The minimum atomic E-state index is -3.70. The largest absolute Gasteiger partial charge is 0.313 e. The summed E-state index contributed by atoms with van der Waals surface area (Å²) in [6.45, 7) is 2.83. The molecule has 1 N–H and O–H groups in total. The van der Waals surface area contributed by atoms with E-state index in [1.807, 2.05) is 0 Å². The molecule has 2 rings (SSSR count).